The van der Waals surface area contributed by atoms with Gasteiger partial charge in [0.25, 0.3) is 5.22 Å². The molecule has 9 heteroatoms. The van der Waals surface area contributed by atoms with Crippen molar-refractivity contribution in [3.05, 3.63) is 53.8 Å². The van der Waals surface area contributed by atoms with E-state index in [1.807, 2.05) is 0 Å². The number of hydrogen-bond acceptors (Lipinski definition) is 7. The Morgan fingerprint density at radius 1 is 1.10 bits per heavy atom. The van der Waals surface area contributed by atoms with E-state index >= 15 is 0 Å². The largest absolute Gasteiger partial charge is 0.497 e. The van der Waals surface area contributed by atoms with Crippen molar-refractivity contribution in [3.8, 4) is 23.0 Å². The molecule has 1 heterocycles. The molecule has 0 aliphatic rings. The van der Waals surface area contributed by atoms with Gasteiger partial charge in [-0.2, -0.15) is 0 Å². The molecule has 0 spiro atoms. The zero-order valence-corrected chi connectivity index (χ0v) is 17.0. The van der Waals surface area contributed by atoms with Crippen molar-refractivity contribution in [2.75, 3.05) is 27.0 Å². The Morgan fingerprint density at radius 3 is 2.38 bits per heavy atom. The van der Waals surface area contributed by atoms with Gasteiger partial charge in [-0.25, -0.2) is 4.39 Å². The Labute approximate surface area is 171 Å². The Hall–Kier alpha value is -3.07. The van der Waals surface area contributed by atoms with E-state index in [2.05, 4.69) is 10.2 Å². The highest BCUT2D eigenvalue weighted by Crippen LogP contribution is 2.30. The summed E-state index contributed by atoms with van der Waals surface area (Å²) >= 11 is 1.15. The molecule has 1 amide bonds. The number of benzene rings is 2. The molecule has 0 bridgehead atoms. The predicted molar refractivity (Wildman–Crippen MR) is 106 cm³/mol. The lowest BCUT2D eigenvalue weighted by Gasteiger charge is -2.16. The Morgan fingerprint density at radius 2 is 1.76 bits per heavy atom. The lowest BCUT2D eigenvalue weighted by molar-refractivity contribution is -0.127. The molecular formula is C20H20FN3O4S. The molecule has 3 aromatic rings. The van der Waals surface area contributed by atoms with Crippen molar-refractivity contribution in [2.45, 2.75) is 11.8 Å². The van der Waals surface area contributed by atoms with E-state index in [1.54, 1.807) is 56.5 Å². The van der Waals surface area contributed by atoms with Crippen LogP contribution < -0.4 is 9.47 Å². The molecule has 0 radical (unpaired) electrons. The van der Waals surface area contributed by atoms with E-state index in [0.29, 0.717) is 29.5 Å². The number of ether oxygens (including phenoxy) is 2. The number of hydrogen-bond donors (Lipinski definition) is 0. The lowest BCUT2D eigenvalue weighted by Crippen LogP contribution is -2.27. The molecule has 0 unspecified atom stereocenters. The van der Waals surface area contributed by atoms with Crippen molar-refractivity contribution in [2.24, 2.45) is 0 Å². The van der Waals surface area contributed by atoms with E-state index in [0.717, 1.165) is 17.3 Å². The zero-order valence-electron chi connectivity index (χ0n) is 16.2. The summed E-state index contributed by atoms with van der Waals surface area (Å²) in [5, 5.41) is 8.29. The SMILES string of the molecule is COc1cc(OC)cc(-c2nnc(SCC(=O)N(C)Cc3ccc(F)cc3)o2)c1. The zero-order chi connectivity index (χ0) is 20.8. The van der Waals surface area contributed by atoms with Crippen LogP contribution in [0.4, 0.5) is 4.39 Å². The molecule has 2 aromatic carbocycles. The second-order valence-electron chi connectivity index (χ2n) is 6.14. The molecule has 0 saturated carbocycles. The molecule has 0 aliphatic carbocycles. The fraction of sp³-hybridized carbons (Fsp3) is 0.250. The normalized spacial score (nSPS) is 10.6. The lowest BCUT2D eigenvalue weighted by atomic mass is 10.2. The van der Waals surface area contributed by atoms with Crippen molar-refractivity contribution < 1.29 is 23.1 Å². The third kappa shape index (κ3) is 5.47. The molecule has 0 aliphatic heterocycles. The highest BCUT2D eigenvalue weighted by atomic mass is 32.2. The molecule has 7 nitrogen and oxygen atoms in total. The first-order valence-corrected chi connectivity index (χ1v) is 9.65. The van der Waals surface area contributed by atoms with Crippen molar-refractivity contribution in [1.82, 2.24) is 15.1 Å². The summed E-state index contributed by atoms with van der Waals surface area (Å²) < 4.78 is 29.1. The number of aromatic nitrogens is 2. The maximum absolute atomic E-state index is 13.0. The quantitative estimate of drug-likeness (QED) is 0.518. The highest BCUT2D eigenvalue weighted by Gasteiger charge is 2.15. The van der Waals surface area contributed by atoms with Gasteiger partial charge in [-0.05, 0) is 29.8 Å². The van der Waals surface area contributed by atoms with Gasteiger partial charge in [0.05, 0.1) is 20.0 Å². The maximum atomic E-state index is 13.0. The number of amides is 1. The first-order valence-electron chi connectivity index (χ1n) is 8.66. The number of carbonyl (C=O) groups excluding carboxylic acids is 1. The van der Waals surface area contributed by atoms with E-state index < -0.39 is 0 Å². The Bertz CT molecular complexity index is 956. The van der Waals surface area contributed by atoms with Crippen LogP contribution in [0.15, 0.2) is 52.1 Å². The van der Waals surface area contributed by atoms with Gasteiger partial charge < -0.3 is 18.8 Å². The number of nitrogens with zero attached hydrogens (tertiary/aromatic N) is 3. The fourth-order valence-electron chi connectivity index (χ4n) is 2.50. The van der Waals surface area contributed by atoms with Gasteiger partial charge in [0, 0.05) is 25.2 Å². The number of carbonyl (C=O) groups is 1. The van der Waals surface area contributed by atoms with Crippen molar-refractivity contribution in [1.29, 1.82) is 0 Å². The number of methoxy groups -OCH3 is 2. The summed E-state index contributed by atoms with van der Waals surface area (Å²) in [5.74, 6) is 1.23. The number of thioether (sulfide) groups is 1. The fourth-order valence-corrected chi connectivity index (χ4v) is 3.20. The van der Waals surface area contributed by atoms with E-state index in [-0.39, 0.29) is 22.7 Å². The summed E-state index contributed by atoms with van der Waals surface area (Å²) in [6.07, 6.45) is 0. The molecule has 152 valence electrons. The summed E-state index contributed by atoms with van der Waals surface area (Å²) in [7, 11) is 4.80. The van der Waals surface area contributed by atoms with Crippen LogP contribution in [-0.2, 0) is 11.3 Å². The Kier molecular flexibility index (Phi) is 6.71. The second kappa shape index (κ2) is 9.42. The van der Waals surface area contributed by atoms with Gasteiger partial charge in [0.15, 0.2) is 0 Å². The third-order valence-electron chi connectivity index (χ3n) is 4.08. The highest BCUT2D eigenvalue weighted by molar-refractivity contribution is 7.99. The summed E-state index contributed by atoms with van der Waals surface area (Å²) in [6.45, 7) is 0.387. The van der Waals surface area contributed by atoms with Crippen LogP contribution in [0.3, 0.4) is 0 Å². The maximum Gasteiger partial charge on any atom is 0.277 e. The second-order valence-corrected chi connectivity index (χ2v) is 7.07. The minimum Gasteiger partial charge on any atom is -0.497 e. The molecule has 3 rings (SSSR count). The predicted octanol–water partition coefficient (Wildman–Crippen LogP) is 3.64. The summed E-state index contributed by atoms with van der Waals surface area (Å²) in [6, 6.07) is 11.3. The average molecular weight is 417 g/mol. The third-order valence-corrected chi connectivity index (χ3v) is 4.89. The van der Waals surface area contributed by atoms with Gasteiger partial charge >= 0.3 is 0 Å². The number of halogens is 1. The van der Waals surface area contributed by atoms with Crippen LogP contribution in [0.5, 0.6) is 11.5 Å². The van der Waals surface area contributed by atoms with E-state index in [9.17, 15) is 9.18 Å². The molecule has 0 N–H and O–H groups in total. The van der Waals surface area contributed by atoms with Gasteiger partial charge in [-0.1, -0.05) is 23.9 Å². The molecule has 29 heavy (non-hydrogen) atoms. The van der Waals surface area contributed by atoms with Gasteiger partial charge in [0.2, 0.25) is 11.8 Å². The van der Waals surface area contributed by atoms with Gasteiger partial charge in [0.1, 0.15) is 17.3 Å². The van der Waals surface area contributed by atoms with Crippen LogP contribution in [-0.4, -0.2) is 48.0 Å². The van der Waals surface area contributed by atoms with Crippen molar-refractivity contribution >= 4 is 17.7 Å². The number of rotatable bonds is 8. The molecular weight excluding hydrogens is 397 g/mol. The minimum atomic E-state index is -0.306. The monoisotopic (exact) mass is 417 g/mol. The smallest absolute Gasteiger partial charge is 0.277 e. The standard InChI is InChI=1S/C20H20FN3O4S/c1-24(11-13-4-6-15(21)7-5-13)18(25)12-29-20-23-22-19(28-20)14-8-16(26-2)10-17(9-14)27-3/h4-10H,11-12H2,1-3H3. The van der Waals surface area contributed by atoms with Crippen LogP contribution in [0.25, 0.3) is 11.5 Å². The molecule has 0 saturated heterocycles. The molecule has 0 fully saturated rings. The average Bonchev–Trinajstić information content (AvgIpc) is 3.22. The van der Waals surface area contributed by atoms with Gasteiger partial charge in [-0.3, -0.25) is 4.79 Å². The van der Waals surface area contributed by atoms with Crippen LogP contribution in [0.1, 0.15) is 5.56 Å². The molecule has 0 atom stereocenters. The van der Waals surface area contributed by atoms with E-state index in [1.165, 1.54) is 12.1 Å². The molecule has 1 aromatic heterocycles. The first-order chi connectivity index (χ1) is 14.0. The van der Waals surface area contributed by atoms with E-state index in [4.69, 9.17) is 13.9 Å². The van der Waals surface area contributed by atoms with Gasteiger partial charge in [-0.15, -0.1) is 10.2 Å². The van der Waals surface area contributed by atoms with Crippen LogP contribution in [0, 0.1) is 5.82 Å². The summed E-state index contributed by atoms with van der Waals surface area (Å²) in [5.41, 5.74) is 1.50. The van der Waals surface area contributed by atoms with Crippen molar-refractivity contribution in [3.63, 3.8) is 0 Å². The minimum absolute atomic E-state index is 0.109. The van der Waals surface area contributed by atoms with Crippen LogP contribution in [0.2, 0.25) is 0 Å². The Balaban J connectivity index is 1.60. The van der Waals surface area contributed by atoms with Crippen LogP contribution >= 0.6 is 11.8 Å². The topological polar surface area (TPSA) is 77.7 Å². The summed E-state index contributed by atoms with van der Waals surface area (Å²) in [4.78, 5) is 13.9. The first kappa shape index (κ1) is 20.7.